The maximum Gasteiger partial charge on any atom is 0.166 e. The monoisotopic (exact) mass is 534 g/mol. The molecule has 1 heterocycles. The van der Waals surface area contributed by atoms with Crippen molar-refractivity contribution < 1.29 is 17.9 Å². The number of halogens is 3. The van der Waals surface area contributed by atoms with Crippen LogP contribution >= 0.6 is 0 Å². The molecule has 0 bridgehead atoms. The van der Waals surface area contributed by atoms with Crippen LogP contribution in [0, 0.1) is 17.5 Å². The van der Waals surface area contributed by atoms with Crippen LogP contribution in [0.1, 0.15) is 88.2 Å². The van der Waals surface area contributed by atoms with Gasteiger partial charge in [0.15, 0.2) is 11.6 Å². The number of hydrogen-bond acceptors (Lipinski definition) is 1. The van der Waals surface area contributed by atoms with Crippen LogP contribution < -0.4 is 0 Å². The van der Waals surface area contributed by atoms with Crippen molar-refractivity contribution in [3.63, 3.8) is 0 Å². The summed E-state index contributed by atoms with van der Waals surface area (Å²) >= 11 is 0. The van der Waals surface area contributed by atoms with Crippen LogP contribution in [0.2, 0.25) is 0 Å². The molecule has 3 aromatic rings. The third-order valence-corrected chi connectivity index (χ3v) is 8.00. The Morgan fingerprint density at radius 3 is 2.18 bits per heavy atom. The van der Waals surface area contributed by atoms with Gasteiger partial charge in [0.2, 0.25) is 0 Å². The average Bonchev–Trinajstić information content (AvgIpc) is 2.96. The predicted molar refractivity (Wildman–Crippen MR) is 155 cm³/mol. The van der Waals surface area contributed by atoms with E-state index in [9.17, 15) is 8.78 Å². The minimum atomic E-state index is -0.816. The Hall–Kier alpha value is -2.85. The number of ether oxygens (including phenoxy) is 1. The van der Waals surface area contributed by atoms with Crippen LogP contribution in [-0.2, 0) is 11.2 Å². The Labute approximate surface area is 232 Å². The zero-order valence-corrected chi connectivity index (χ0v) is 23.2. The molecule has 208 valence electrons. The summed E-state index contributed by atoms with van der Waals surface area (Å²) in [6.07, 6.45) is 13.3. The Morgan fingerprint density at radius 2 is 1.51 bits per heavy atom. The highest BCUT2D eigenvalue weighted by Gasteiger charge is 2.23. The molecule has 0 amide bonds. The molecule has 0 aromatic heterocycles. The summed E-state index contributed by atoms with van der Waals surface area (Å²) < 4.78 is 50.9. The van der Waals surface area contributed by atoms with E-state index < -0.39 is 11.6 Å². The van der Waals surface area contributed by atoms with E-state index in [4.69, 9.17) is 4.74 Å². The van der Waals surface area contributed by atoms with Crippen molar-refractivity contribution in [1.82, 2.24) is 0 Å². The van der Waals surface area contributed by atoms with Gasteiger partial charge in [-0.1, -0.05) is 93.6 Å². The quantitative estimate of drug-likeness (QED) is 0.157. The molecular formula is C35H41F3O. The van der Waals surface area contributed by atoms with E-state index >= 15 is 4.39 Å². The molecule has 1 fully saturated rings. The van der Waals surface area contributed by atoms with Gasteiger partial charge >= 0.3 is 0 Å². The standard InChI is InChI=1S/C35H41F3O/c1-3-5-7-8-9-10-11-27-18-22-32(35(38)34(27)37)26-15-13-25(14-16-26)31-21-19-28(23-33(31)36)29-17-20-30(39-24-29)12-6-4-2/h4,13-16,18-19,21-23,29-30H,2-3,5-12,17,20,24H2,1H3. The molecule has 39 heavy (non-hydrogen) atoms. The van der Waals surface area contributed by atoms with E-state index in [2.05, 4.69) is 13.5 Å². The van der Waals surface area contributed by atoms with Crippen LogP contribution in [0.25, 0.3) is 22.3 Å². The second-order valence-corrected chi connectivity index (χ2v) is 10.8. The summed E-state index contributed by atoms with van der Waals surface area (Å²) in [4.78, 5) is 0. The number of benzene rings is 3. The van der Waals surface area contributed by atoms with Crippen molar-refractivity contribution in [3.05, 3.63) is 95.8 Å². The SMILES string of the molecule is C=CCCC1CCC(c2ccc(-c3ccc(-c4ccc(CCCCCCCC)c(F)c4F)cc3)c(F)c2)CO1. The predicted octanol–water partition coefficient (Wildman–Crippen LogP) is 10.6. The second-order valence-electron chi connectivity index (χ2n) is 10.8. The zero-order chi connectivity index (χ0) is 27.6. The third kappa shape index (κ3) is 7.63. The Balaban J connectivity index is 1.39. The number of unbranched alkanes of at least 4 members (excludes halogenated alkanes) is 5. The van der Waals surface area contributed by atoms with Crippen molar-refractivity contribution in [3.8, 4) is 22.3 Å². The van der Waals surface area contributed by atoms with E-state index in [1.54, 1.807) is 48.5 Å². The Morgan fingerprint density at radius 1 is 0.821 bits per heavy atom. The van der Waals surface area contributed by atoms with Gasteiger partial charge in [-0.2, -0.15) is 0 Å². The molecule has 4 rings (SSSR count). The highest BCUT2D eigenvalue weighted by atomic mass is 19.2. The van der Waals surface area contributed by atoms with Crippen molar-refractivity contribution in [2.45, 2.75) is 89.6 Å². The fraction of sp³-hybridized carbons (Fsp3) is 0.429. The van der Waals surface area contributed by atoms with Crippen LogP contribution in [0.5, 0.6) is 0 Å². The Bertz CT molecular complexity index is 1210. The number of allylic oxidation sites excluding steroid dienone is 1. The largest absolute Gasteiger partial charge is 0.378 e. The van der Waals surface area contributed by atoms with E-state index in [1.807, 2.05) is 12.1 Å². The normalized spacial score (nSPS) is 17.3. The lowest BCUT2D eigenvalue weighted by atomic mass is 9.89. The van der Waals surface area contributed by atoms with Gasteiger partial charge < -0.3 is 4.74 Å². The average molecular weight is 535 g/mol. The first-order valence-corrected chi connectivity index (χ1v) is 14.6. The molecule has 1 saturated heterocycles. The molecule has 2 unspecified atom stereocenters. The summed E-state index contributed by atoms with van der Waals surface area (Å²) in [7, 11) is 0. The fourth-order valence-electron chi connectivity index (χ4n) is 5.55. The first kappa shape index (κ1) is 29.1. The highest BCUT2D eigenvalue weighted by Crippen LogP contribution is 2.34. The lowest BCUT2D eigenvalue weighted by molar-refractivity contribution is -0.000212. The van der Waals surface area contributed by atoms with Crippen molar-refractivity contribution in [2.75, 3.05) is 6.61 Å². The molecule has 1 aliphatic rings. The minimum absolute atomic E-state index is 0.192. The van der Waals surface area contributed by atoms with Crippen molar-refractivity contribution in [1.29, 1.82) is 0 Å². The second kappa shape index (κ2) is 14.5. The smallest absolute Gasteiger partial charge is 0.166 e. The summed E-state index contributed by atoms with van der Waals surface area (Å²) in [6.45, 7) is 6.55. The highest BCUT2D eigenvalue weighted by molar-refractivity contribution is 5.71. The van der Waals surface area contributed by atoms with Gasteiger partial charge in [0.05, 0.1) is 12.7 Å². The summed E-state index contributed by atoms with van der Waals surface area (Å²) in [5.74, 6) is -1.67. The lowest BCUT2D eigenvalue weighted by Crippen LogP contribution is -2.24. The molecule has 1 aliphatic heterocycles. The molecule has 1 nitrogen and oxygen atoms in total. The van der Waals surface area contributed by atoms with Gasteiger partial charge in [0, 0.05) is 17.0 Å². The van der Waals surface area contributed by atoms with E-state index in [0.29, 0.717) is 35.3 Å². The molecule has 3 aromatic carbocycles. The van der Waals surface area contributed by atoms with Crippen LogP contribution in [0.15, 0.2) is 67.3 Å². The van der Waals surface area contributed by atoms with E-state index in [1.165, 1.54) is 19.3 Å². The zero-order valence-electron chi connectivity index (χ0n) is 23.2. The number of aryl methyl sites for hydroxylation is 1. The fourth-order valence-corrected chi connectivity index (χ4v) is 5.55. The van der Waals surface area contributed by atoms with Gasteiger partial charge in [-0.05, 0) is 66.8 Å². The van der Waals surface area contributed by atoms with Gasteiger partial charge in [0.25, 0.3) is 0 Å². The first-order chi connectivity index (χ1) is 19.0. The van der Waals surface area contributed by atoms with Gasteiger partial charge in [-0.3, -0.25) is 0 Å². The summed E-state index contributed by atoms with van der Waals surface area (Å²) in [6, 6.07) is 15.7. The molecule has 0 spiro atoms. The number of rotatable bonds is 13. The molecule has 2 atom stereocenters. The first-order valence-electron chi connectivity index (χ1n) is 14.6. The van der Waals surface area contributed by atoms with Crippen LogP contribution in [0.3, 0.4) is 0 Å². The molecule has 0 aliphatic carbocycles. The maximum atomic E-state index is 15.1. The molecule has 0 N–H and O–H groups in total. The Kier molecular flexibility index (Phi) is 10.8. The van der Waals surface area contributed by atoms with E-state index in [-0.39, 0.29) is 23.4 Å². The minimum Gasteiger partial charge on any atom is -0.378 e. The topological polar surface area (TPSA) is 9.23 Å². The van der Waals surface area contributed by atoms with Crippen LogP contribution in [0.4, 0.5) is 13.2 Å². The third-order valence-electron chi connectivity index (χ3n) is 8.00. The van der Waals surface area contributed by atoms with Crippen LogP contribution in [-0.4, -0.2) is 12.7 Å². The summed E-state index contributed by atoms with van der Waals surface area (Å²) in [5, 5.41) is 0. The van der Waals surface area contributed by atoms with Gasteiger partial charge in [-0.25, -0.2) is 13.2 Å². The van der Waals surface area contributed by atoms with Gasteiger partial charge in [0.1, 0.15) is 5.82 Å². The van der Waals surface area contributed by atoms with Crippen molar-refractivity contribution >= 4 is 0 Å². The van der Waals surface area contributed by atoms with E-state index in [0.717, 1.165) is 50.5 Å². The number of hydrogen-bond donors (Lipinski definition) is 0. The molecule has 0 radical (unpaired) electrons. The molecule has 0 saturated carbocycles. The van der Waals surface area contributed by atoms with Crippen molar-refractivity contribution in [2.24, 2.45) is 0 Å². The molecule has 4 heteroatoms. The maximum absolute atomic E-state index is 15.1. The summed E-state index contributed by atoms with van der Waals surface area (Å²) in [5.41, 5.74) is 3.38. The van der Waals surface area contributed by atoms with Gasteiger partial charge in [-0.15, -0.1) is 6.58 Å². The molecular weight excluding hydrogens is 493 g/mol. The lowest BCUT2D eigenvalue weighted by Gasteiger charge is -2.29.